The van der Waals surface area contributed by atoms with Gasteiger partial charge in [0.1, 0.15) is 0 Å². The molecule has 3 rings (SSSR count). The zero-order chi connectivity index (χ0) is 12.4. The normalized spacial score (nSPS) is 17.6. The van der Waals surface area contributed by atoms with Crippen LogP contribution in [-0.2, 0) is 0 Å². The molecule has 1 saturated carbocycles. The van der Waals surface area contributed by atoms with Gasteiger partial charge in [-0.2, -0.15) is 0 Å². The Morgan fingerprint density at radius 2 is 2.17 bits per heavy atom. The van der Waals surface area contributed by atoms with Crippen LogP contribution in [0.5, 0.6) is 0 Å². The lowest BCUT2D eigenvalue weighted by Crippen LogP contribution is -2.30. The van der Waals surface area contributed by atoms with Gasteiger partial charge in [0.05, 0.1) is 10.4 Å². The summed E-state index contributed by atoms with van der Waals surface area (Å²) in [6, 6.07) is 8.78. The summed E-state index contributed by atoms with van der Waals surface area (Å²) in [6.07, 6.45) is 4.17. The Morgan fingerprint density at radius 1 is 1.28 bits per heavy atom. The van der Waals surface area contributed by atoms with Crippen molar-refractivity contribution in [1.29, 1.82) is 0 Å². The second-order valence-corrected chi connectivity index (χ2v) is 7.52. The van der Waals surface area contributed by atoms with E-state index in [1.54, 1.807) is 11.3 Å². The van der Waals surface area contributed by atoms with Gasteiger partial charge in [0, 0.05) is 9.75 Å². The molecule has 1 aliphatic rings. The first-order valence-corrected chi connectivity index (χ1v) is 8.42. The van der Waals surface area contributed by atoms with E-state index < -0.39 is 0 Å². The maximum absolute atomic E-state index is 6.06. The molecular formula is C14H16ClNS2. The van der Waals surface area contributed by atoms with Crippen LogP contribution in [0.3, 0.4) is 0 Å². The summed E-state index contributed by atoms with van der Waals surface area (Å²) >= 11 is 9.56. The third-order valence-electron chi connectivity index (χ3n) is 3.54. The first-order valence-electron chi connectivity index (χ1n) is 6.35. The maximum atomic E-state index is 6.06. The van der Waals surface area contributed by atoms with Gasteiger partial charge in [0.15, 0.2) is 0 Å². The summed E-state index contributed by atoms with van der Waals surface area (Å²) in [5.74, 6) is 0.878. The second-order valence-electron chi connectivity index (χ2n) is 4.80. The zero-order valence-corrected chi connectivity index (χ0v) is 12.5. The van der Waals surface area contributed by atoms with E-state index in [-0.39, 0.29) is 0 Å². The van der Waals surface area contributed by atoms with Crippen LogP contribution in [-0.4, -0.2) is 6.54 Å². The molecule has 0 bridgehead atoms. The highest BCUT2D eigenvalue weighted by molar-refractivity contribution is 7.16. The molecule has 0 aromatic carbocycles. The molecule has 2 heterocycles. The predicted octanol–water partition coefficient (Wildman–Crippen LogP) is 4.94. The van der Waals surface area contributed by atoms with Crippen molar-refractivity contribution in [2.24, 2.45) is 5.92 Å². The molecule has 96 valence electrons. The van der Waals surface area contributed by atoms with Crippen molar-refractivity contribution in [1.82, 2.24) is 5.32 Å². The topological polar surface area (TPSA) is 12.0 Å². The molecule has 0 spiro atoms. The number of nitrogens with one attached hydrogen (secondary N) is 1. The van der Waals surface area contributed by atoms with Crippen LogP contribution in [0.2, 0.25) is 4.34 Å². The fraction of sp³-hybridized carbons (Fsp3) is 0.429. The van der Waals surface area contributed by atoms with Crippen molar-refractivity contribution in [3.05, 3.63) is 43.7 Å². The van der Waals surface area contributed by atoms with Crippen molar-refractivity contribution in [2.75, 3.05) is 6.54 Å². The Morgan fingerprint density at radius 3 is 2.72 bits per heavy atom. The van der Waals surface area contributed by atoms with Crippen LogP contribution in [0.15, 0.2) is 29.6 Å². The van der Waals surface area contributed by atoms with Crippen LogP contribution in [0.1, 0.15) is 35.1 Å². The van der Waals surface area contributed by atoms with Crippen molar-refractivity contribution >= 4 is 34.3 Å². The molecule has 1 fully saturated rings. The maximum Gasteiger partial charge on any atom is 0.0931 e. The lowest BCUT2D eigenvalue weighted by molar-refractivity contribution is 0.296. The van der Waals surface area contributed by atoms with Gasteiger partial charge in [0.25, 0.3) is 0 Å². The first kappa shape index (κ1) is 12.7. The molecule has 0 aliphatic heterocycles. The lowest BCUT2D eigenvalue weighted by Gasteiger charge is -2.28. The molecular weight excluding hydrogens is 282 g/mol. The zero-order valence-electron chi connectivity index (χ0n) is 10.1. The molecule has 1 aliphatic carbocycles. The van der Waals surface area contributed by atoms with Crippen molar-refractivity contribution in [3.63, 3.8) is 0 Å². The summed E-state index contributed by atoms with van der Waals surface area (Å²) in [4.78, 5) is 2.70. The SMILES string of the molecule is Clc1ccc(C(NCC2CCC2)c2cccs2)s1. The van der Waals surface area contributed by atoms with E-state index in [9.17, 15) is 0 Å². The minimum absolute atomic E-state index is 0.322. The quantitative estimate of drug-likeness (QED) is 0.824. The molecule has 1 unspecified atom stereocenters. The van der Waals surface area contributed by atoms with Crippen LogP contribution >= 0.6 is 34.3 Å². The van der Waals surface area contributed by atoms with Gasteiger partial charge in [0.2, 0.25) is 0 Å². The van der Waals surface area contributed by atoms with E-state index in [1.165, 1.54) is 29.0 Å². The molecule has 18 heavy (non-hydrogen) atoms. The third-order valence-corrected chi connectivity index (χ3v) is 5.77. The first-order chi connectivity index (χ1) is 8.83. The van der Waals surface area contributed by atoms with Gasteiger partial charge in [-0.3, -0.25) is 0 Å². The highest BCUT2D eigenvalue weighted by atomic mass is 35.5. The fourth-order valence-corrected chi connectivity index (χ4v) is 4.31. The van der Waals surface area contributed by atoms with Crippen LogP contribution in [0, 0.1) is 5.92 Å². The van der Waals surface area contributed by atoms with Gasteiger partial charge < -0.3 is 5.32 Å². The molecule has 2 aromatic rings. The lowest BCUT2D eigenvalue weighted by atomic mass is 9.85. The largest absolute Gasteiger partial charge is 0.305 e. The molecule has 1 nitrogen and oxygen atoms in total. The van der Waals surface area contributed by atoms with Crippen molar-refractivity contribution < 1.29 is 0 Å². The monoisotopic (exact) mass is 297 g/mol. The Kier molecular flexibility index (Phi) is 4.04. The van der Waals surface area contributed by atoms with E-state index in [1.807, 2.05) is 17.4 Å². The highest BCUT2D eigenvalue weighted by Crippen LogP contribution is 2.34. The standard InChI is InChI=1S/C14H16ClNS2/c15-13-7-6-12(18-13)14(11-5-2-8-17-11)16-9-10-3-1-4-10/h2,5-8,10,14,16H,1,3-4,9H2. The number of hydrogen-bond donors (Lipinski definition) is 1. The minimum Gasteiger partial charge on any atom is -0.305 e. The Balaban J connectivity index is 1.75. The van der Waals surface area contributed by atoms with Crippen LogP contribution in [0.4, 0.5) is 0 Å². The fourth-order valence-electron chi connectivity index (χ4n) is 2.26. The predicted molar refractivity (Wildman–Crippen MR) is 80.8 cm³/mol. The van der Waals surface area contributed by atoms with E-state index in [0.717, 1.165) is 16.8 Å². The van der Waals surface area contributed by atoms with E-state index >= 15 is 0 Å². The second kappa shape index (κ2) is 5.74. The average Bonchev–Trinajstić information content (AvgIpc) is 2.93. The summed E-state index contributed by atoms with van der Waals surface area (Å²) in [7, 11) is 0. The smallest absolute Gasteiger partial charge is 0.0931 e. The van der Waals surface area contributed by atoms with E-state index in [2.05, 4.69) is 28.9 Å². The van der Waals surface area contributed by atoms with E-state index in [4.69, 9.17) is 11.6 Å². The molecule has 0 radical (unpaired) electrons. The average molecular weight is 298 g/mol. The highest BCUT2D eigenvalue weighted by Gasteiger charge is 2.21. The van der Waals surface area contributed by atoms with Gasteiger partial charge >= 0.3 is 0 Å². The van der Waals surface area contributed by atoms with Crippen molar-refractivity contribution in [2.45, 2.75) is 25.3 Å². The molecule has 4 heteroatoms. The van der Waals surface area contributed by atoms with Crippen LogP contribution in [0.25, 0.3) is 0 Å². The van der Waals surface area contributed by atoms with Gasteiger partial charge in [-0.05, 0) is 48.9 Å². The van der Waals surface area contributed by atoms with Gasteiger partial charge in [-0.25, -0.2) is 0 Å². The Hall–Kier alpha value is -0.350. The Bertz CT molecular complexity index is 488. The molecule has 0 saturated heterocycles. The number of rotatable bonds is 5. The van der Waals surface area contributed by atoms with Crippen LogP contribution < -0.4 is 5.32 Å². The molecule has 1 atom stereocenters. The molecule has 0 amide bonds. The van der Waals surface area contributed by atoms with Crippen molar-refractivity contribution in [3.8, 4) is 0 Å². The summed E-state index contributed by atoms with van der Waals surface area (Å²) < 4.78 is 0.872. The van der Waals surface area contributed by atoms with E-state index in [0.29, 0.717) is 6.04 Å². The van der Waals surface area contributed by atoms with Gasteiger partial charge in [-0.1, -0.05) is 24.1 Å². The number of halogens is 1. The number of thiophene rings is 2. The summed E-state index contributed by atoms with van der Waals surface area (Å²) in [5.41, 5.74) is 0. The minimum atomic E-state index is 0.322. The molecule has 1 N–H and O–H groups in total. The Labute approximate surface area is 121 Å². The summed E-state index contributed by atoms with van der Waals surface area (Å²) in [6.45, 7) is 1.12. The summed E-state index contributed by atoms with van der Waals surface area (Å²) in [5, 5.41) is 5.86. The molecule has 2 aromatic heterocycles. The third kappa shape index (κ3) is 2.80. The number of hydrogen-bond acceptors (Lipinski definition) is 3. The van der Waals surface area contributed by atoms with Gasteiger partial charge in [-0.15, -0.1) is 22.7 Å².